The summed E-state index contributed by atoms with van der Waals surface area (Å²) in [5.74, 6) is -3.19. The molecule has 196 valence electrons. The molecule has 13 heteroatoms. The van der Waals surface area contributed by atoms with Crippen LogP contribution in [0.3, 0.4) is 0 Å². The van der Waals surface area contributed by atoms with E-state index in [0.29, 0.717) is 45.3 Å². The fourth-order valence-electron chi connectivity index (χ4n) is 3.67. The topological polar surface area (TPSA) is 170 Å². The molecular weight excluding hydrogens is 478 g/mol. The molecule has 3 rings (SSSR count). The van der Waals surface area contributed by atoms with Crippen molar-refractivity contribution in [3.05, 3.63) is 29.3 Å². The first-order valence-corrected chi connectivity index (χ1v) is 11.5. The summed E-state index contributed by atoms with van der Waals surface area (Å²) < 4.78 is 20.9. The van der Waals surface area contributed by atoms with Crippen molar-refractivity contribution < 1.29 is 48.0 Å². The molecule has 2 heterocycles. The molecule has 1 aromatic rings. The van der Waals surface area contributed by atoms with Crippen LogP contribution in [-0.2, 0) is 33.3 Å². The van der Waals surface area contributed by atoms with Crippen LogP contribution in [-0.4, -0.2) is 105 Å². The number of amides is 4. The first kappa shape index (κ1) is 27.2. The van der Waals surface area contributed by atoms with Gasteiger partial charge in [-0.15, -0.1) is 0 Å². The van der Waals surface area contributed by atoms with Crippen molar-refractivity contribution >= 4 is 35.3 Å². The van der Waals surface area contributed by atoms with Crippen LogP contribution < -0.4 is 10.6 Å². The van der Waals surface area contributed by atoms with Crippen molar-refractivity contribution in [3.8, 4) is 0 Å². The van der Waals surface area contributed by atoms with Crippen LogP contribution in [0.1, 0.15) is 33.6 Å². The second-order valence-corrected chi connectivity index (χ2v) is 7.92. The van der Waals surface area contributed by atoms with Crippen LogP contribution >= 0.6 is 0 Å². The van der Waals surface area contributed by atoms with E-state index in [-0.39, 0.29) is 43.8 Å². The number of benzene rings is 1. The monoisotopic (exact) mass is 507 g/mol. The van der Waals surface area contributed by atoms with Gasteiger partial charge >= 0.3 is 5.97 Å². The van der Waals surface area contributed by atoms with E-state index in [1.54, 1.807) is 18.2 Å². The van der Waals surface area contributed by atoms with Gasteiger partial charge in [0.1, 0.15) is 12.6 Å². The Hall–Kier alpha value is -3.39. The fraction of sp³-hybridized carbons (Fsp3) is 0.522. The third-order valence-electron chi connectivity index (χ3n) is 5.36. The van der Waals surface area contributed by atoms with Gasteiger partial charge < -0.3 is 29.4 Å². The second-order valence-electron chi connectivity index (χ2n) is 7.92. The number of nitrogens with zero attached hydrogens (tertiary/aromatic N) is 1. The number of imide groups is 2. The maximum absolute atomic E-state index is 12.8. The van der Waals surface area contributed by atoms with Gasteiger partial charge in [0, 0.05) is 18.7 Å². The standard InChI is InChI=1S/C23H29N3O10/c27-19-4-3-18(21(30)25-19)26-22(31)16-2-1-15(13-17(16)23(26)32)24-5-6-33-7-8-34-9-10-35-11-12-36-14-20(28)29/h1-2,13,18,24H,3-12,14H2,(H,28,29)(H,25,27,30). The van der Waals surface area contributed by atoms with Crippen LogP contribution in [0.2, 0.25) is 0 Å². The van der Waals surface area contributed by atoms with Crippen molar-refractivity contribution in [2.75, 3.05) is 64.7 Å². The summed E-state index contributed by atoms with van der Waals surface area (Å²) >= 11 is 0. The van der Waals surface area contributed by atoms with Gasteiger partial charge in [0.15, 0.2) is 0 Å². The highest BCUT2D eigenvalue weighted by molar-refractivity contribution is 6.23. The van der Waals surface area contributed by atoms with E-state index in [9.17, 15) is 24.0 Å². The molecule has 1 unspecified atom stereocenters. The summed E-state index contributed by atoms with van der Waals surface area (Å²) in [4.78, 5) is 60.2. The number of carboxylic acids is 1. The Morgan fingerprint density at radius 2 is 1.53 bits per heavy atom. The number of hydrogen-bond donors (Lipinski definition) is 3. The molecule has 2 aliphatic rings. The number of piperidine rings is 1. The van der Waals surface area contributed by atoms with Crippen LogP contribution in [0.25, 0.3) is 0 Å². The predicted molar refractivity (Wildman–Crippen MR) is 123 cm³/mol. The van der Waals surface area contributed by atoms with E-state index in [2.05, 4.69) is 10.6 Å². The highest BCUT2D eigenvalue weighted by Gasteiger charge is 2.44. The summed E-state index contributed by atoms with van der Waals surface area (Å²) in [7, 11) is 0. The Labute approximate surface area is 207 Å². The van der Waals surface area contributed by atoms with Crippen molar-refractivity contribution in [1.82, 2.24) is 10.2 Å². The van der Waals surface area contributed by atoms with E-state index in [1.807, 2.05) is 0 Å². The fourth-order valence-corrected chi connectivity index (χ4v) is 3.67. The number of ether oxygens (including phenoxy) is 4. The van der Waals surface area contributed by atoms with Gasteiger partial charge in [0.05, 0.1) is 57.4 Å². The molecule has 0 radical (unpaired) electrons. The van der Waals surface area contributed by atoms with Crippen LogP contribution in [0.5, 0.6) is 0 Å². The van der Waals surface area contributed by atoms with Crippen molar-refractivity contribution in [1.29, 1.82) is 0 Å². The highest BCUT2D eigenvalue weighted by atomic mass is 16.6. The molecule has 0 bridgehead atoms. The lowest BCUT2D eigenvalue weighted by atomic mass is 10.0. The Kier molecular flexibility index (Phi) is 10.3. The van der Waals surface area contributed by atoms with Gasteiger partial charge in [-0.05, 0) is 24.6 Å². The van der Waals surface area contributed by atoms with E-state index in [1.165, 1.54) is 0 Å². The second kappa shape index (κ2) is 13.6. The molecule has 3 N–H and O–H groups in total. The first-order valence-electron chi connectivity index (χ1n) is 11.5. The van der Waals surface area contributed by atoms with E-state index >= 15 is 0 Å². The van der Waals surface area contributed by atoms with E-state index in [4.69, 9.17) is 24.1 Å². The lowest BCUT2D eigenvalue weighted by Crippen LogP contribution is -2.54. The van der Waals surface area contributed by atoms with Crippen molar-refractivity contribution in [2.24, 2.45) is 0 Å². The highest BCUT2D eigenvalue weighted by Crippen LogP contribution is 2.29. The zero-order valence-corrected chi connectivity index (χ0v) is 19.7. The van der Waals surface area contributed by atoms with Gasteiger partial charge in [0.25, 0.3) is 11.8 Å². The molecule has 1 saturated heterocycles. The summed E-state index contributed by atoms with van der Waals surface area (Å²) in [6.45, 7) is 2.47. The molecule has 1 fully saturated rings. The molecule has 1 aromatic carbocycles. The average Bonchev–Trinajstić information content (AvgIpc) is 3.08. The lowest BCUT2D eigenvalue weighted by molar-refractivity contribution is -0.143. The Balaban J connectivity index is 1.29. The van der Waals surface area contributed by atoms with Crippen molar-refractivity contribution in [3.63, 3.8) is 0 Å². The molecule has 13 nitrogen and oxygen atoms in total. The largest absolute Gasteiger partial charge is 0.480 e. The molecule has 0 aliphatic carbocycles. The maximum atomic E-state index is 12.8. The number of aliphatic carboxylic acids is 1. The number of carbonyl (C=O) groups is 5. The number of carbonyl (C=O) groups excluding carboxylic acids is 4. The molecule has 0 saturated carbocycles. The summed E-state index contributed by atoms with van der Waals surface area (Å²) in [5.41, 5.74) is 1.06. The van der Waals surface area contributed by atoms with Crippen LogP contribution in [0, 0.1) is 0 Å². The number of hydrogen-bond acceptors (Lipinski definition) is 10. The summed E-state index contributed by atoms with van der Waals surface area (Å²) in [6.07, 6.45) is 0.180. The van der Waals surface area contributed by atoms with Gasteiger partial charge in [-0.2, -0.15) is 0 Å². The number of anilines is 1. The molecule has 36 heavy (non-hydrogen) atoms. The Morgan fingerprint density at radius 3 is 2.17 bits per heavy atom. The molecule has 4 amide bonds. The third-order valence-corrected chi connectivity index (χ3v) is 5.36. The Bertz CT molecular complexity index is 983. The summed E-state index contributed by atoms with van der Waals surface area (Å²) in [5, 5.41) is 13.7. The minimum Gasteiger partial charge on any atom is -0.480 e. The number of nitrogens with one attached hydrogen (secondary N) is 2. The quantitative estimate of drug-likeness (QED) is 0.197. The molecule has 0 spiro atoms. The zero-order chi connectivity index (χ0) is 25.9. The maximum Gasteiger partial charge on any atom is 0.329 e. The summed E-state index contributed by atoms with van der Waals surface area (Å²) in [6, 6.07) is 3.79. The smallest absolute Gasteiger partial charge is 0.329 e. The molecule has 1 atom stereocenters. The van der Waals surface area contributed by atoms with Crippen molar-refractivity contribution in [2.45, 2.75) is 18.9 Å². The first-order chi connectivity index (χ1) is 17.4. The van der Waals surface area contributed by atoms with Crippen LogP contribution in [0.15, 0.2) is 18.2 Å². The number of carboxylic acid groups (broad SMARTS) is 1. The average molecular weight is 507 g/mol. The van der Waals surface area contributed by atoms with Crippen LogP contribution in [0.4, 0.5) is 5.69 Å². The van der Waals surface area contributed by atoms with E-state index < -0.39 is 35.6 Å². The zero-order valence-electron chi connectivity index (χ0n) is 19.7. The molecule has 2 aliphatic heterocycles. The minimum absolute atomic E-state index is 0.0705. The predicted octanol–water partition coefficient (Wildman–Crippen LogP) is -0.349. The third kappa shape index (κ3) is 7.55. The molecular formula is C23H29N3O10. The van der Waals surface area contributed by atoms with Gasteiger partial charge in [-0.1, -0.05) is 0 Å². The normalized spacial score (nSPS) is 17.3. The number of rotatable bonds is 16. The SMILES string of the molecule is O=C(O)COCCOCCOCCOCCNc1ccc2c(c1)C(=O)N(C1CCC(=O)NC1=O)C2=O. The lowest BCUT2D eigenvalue weighted by Gasteiger charge is -2.27. The number of fused-ring (bicyclic) bond motifs is 1. The van der Waals surface area contributed by atoms with E-state index in [0.717, 1.165) is 4.90 Å². The van der Waals surface area contributed by atoms with Gasteiger partial charge in [0.2, 0.25) is 11.8 Å². The minimum atomic E-state index is -1.02. The Morgan fingerprint density at radius 1 is 0.917 bits per heavy atom. The molecule has 0 aromatic heterocycles. The van der Waals surface area contributed by atoms with Gasteiger partial charge in [-0.25, -0.2) is 4.79 Å². The van der Waals surface area contributed by atoms with Gasteiger partial charge in [-0.3, -0.25) is 29.4 Å².